The third kappa shape index (κ3) is 6.94. The Hall–Kier alpha value is -1.68. The van der Waals surface area contributed by atoms with Gasteiger partial charge in [-0.2, -0.15) is 0 Å². The highest BCUT2D eigenvalue weighted by Gasteiger charge is 2.21. The van der Waals surface area contributed by atoms with Crippen LogP contribution in [0.1, 0.15) is 62.3 Å². The maximum absolute atomic E-state index is 6.11. The second-order valence-electron chi connectivity index (χ2n) is 7.49. The van der Waals surface area contributed by atoms with Gasteiger partial charge in [-0.3, -0.25) is 0 Å². The molecule has 2 aromatic rings. The third-order valence-corrected chi connectivity index (χ3v) is 5.41. The molecule has 0 saturated carbocycles. The van der Waals surface area contributed by atoms with Crippen LogP contribution in [0.25, 0.3) is 6.08 Å². The molecular weight excluding hydrogens is 417 g/mol. The molecule has 0 bridgehead atoms. The molecule has 1 atom stereocenters. The van der Waals surface area contributed by atoms with Crippen molar-refractivity contribution in [2.24, 2.45) is 0 Å². The van der Waals surface area contributed by atoms with Crippen LogP contribution in [-0.2, 0) is 6.42 Å². The van der Waals surface area contributed by atoms with Crippen molar-refractivity contribution in [1.29, 1.82) is 0 Å². The van der Waals surface area contributed by atoms with Crippen molar-refractivity contribution >= 4 is 30.1 Å². The smallest absolute Gasteiger partial charge is 0.161 e. The molecule has 30 heavy (non-hydrogen) atoms. The molecule has 1 aliphatic heterocycles. The Morgan fingerprint density at radius 3 is 2.27 bits per heavy atom. The fraction of sp³-hybridized carbons (Fsp3) is 0.440. The van der Waals surface area contributed by atoms with E-state index in [0.29, 0.717) is 0 Å². The lowest BCUT2D eigenvalue weighted by atomic mass is 9.93. The molecule has 0 spiro atoms. The van der Waals surface area contributed by atoms with E-state index >= 15 is 0 Å². The SMILES string of the molecule is CCCCOc1cc2c(cc1OCCCC)C(/C=C/c1ccc(Cl)cc1)NCC2.Cl. The van der Waals surface area contributed by atoms with Crippen LogP contribution in [0, 0.1) is 0 Å². The number of rotatable bonds is 10. The first kappa shape index (κ1) is 24.6. The molecule has 164 valence electrons. The first-order valence-electron chi connectivity index (χ1n) is 10.8. The summed E-state index contributed by atoms with van der Waals surface area (Å²) in [6.07, 6.45) is 9.70. The van der Waals surface area contributed by atoms with E-state index < -0.39 is 0 Å². The molecule has 0 saturated heterocycles. The van der Waals surface area contributed by atoms with Crippen molar-refractivity contribution in [3.05, 3.63) is 64.2 Å². The van der Waals surface area contributed by atoms with E-state index in [0.717, 1.165) is 73.9 Å². The summed E-state index contributed by atoms with van der Waals surface area (Å²) < 4.78 is 12.2. The molecule has 1 unspecified atom stereocenters. The molecule has 1 heterocycles. The Kier molecular flexibility index (Phi) is 10.6. The van der Waals surface area contributed by atoms with Gasteiger partial charge in [0, 0.05) is 11.6 Å². The summed E-state index contributed by atoms with van der Waals surface area (Å²) in [5.41, 5.74) is 3.75. The molecule has 5 heteroatoms. The largest absolute Gasteiger partial charge is 0.490 e. The van der Waals surface area contributed by atoms with Crippen LogP contribution >= 0.6 is 24.0 Å². The van der Waals surface area contributed by atoms with E-state index in [9.17, 15) is 0 Å². The van der Waals surface area contributed by atoms with Gasteiger partial charge in [-0.25, -0.2) is 0 Å². The minimum absolute atomic E-state index is 0. The highest BCUT2D eigenvalue weighted by Crippen LogP contribution is 2.36. The molecule has 1 N–H and O–H groups in total. The van der Waals surface area contributed by atoms with E-state index in [1.165, 1.54) is 11.1 Å². The number of hydrogen-bond acceptors (Lipinski definition) is 3. The molecule has 0 aromatic heterocycles. The summed E-state index contributed by atoms with van der Waals surface area (Å²) >= 11 is 6.00. The zero-order valence-electron chi connectivity index (χ0n) is 18.0. The summed E-state index contributed by atoms with van der Waals surface area (Å²) in [6.45, 7) is 6.76. The van der Waals surface area contributed by atoms with Crippen LogP contribution in [0.15, 0.2) is 42.5 Å². The quantitative estimate of drug-likeness (QED) is 0.395. The number of hydrogen-bond donors (Lipinski definition) is 1. The van der Waals surface area contributed by atoms with E-state index in [1.807, 2.05) is 24.3 Å². The topological polar surface area (TPSA) is 30.5 Å². The second kappa shape index (κ2) is 12.9. The number of benzene rings is 2. The minimum atomic E-state index is 0. The lowest BCUT2D eigenvalue weighted by Gasteiger charge is -2.26. The normalized spacial score (nSPS) is 15.5. The van der Waals surface area contributed by atoms with Gasteiger partial charge in [0.05, 0.1) is 19.3 Å². The highest BCUT2D eigenvalue weighted by molar-refractivity contribution is 6.30. The Bertz CT molecular complexity index is 806. The van der Waals surface area contributed by atoms with Crippen molar-refractivity contribution in [1.82, 2.24) is 5.32 Å². The van der Waals surface area contributed by atoms with E-state index in [4.69, 9.17) is 21.1 Å². The predicted octanol–water partition coefficient (Wildman–Crippen LogP) is 7.02. The molecule has 1 aliphatic rings. The first-order valence-corrected chi connectivity index (χ1v) is 11.2. The van der Waals surface area contributed by atoms with Gasteiger partial charge >= 0.3 is 0 Å². The molecule has 0 radical (unpaired) electrons. The number of unbranched alkanes of at least 4 members (excludes halogenated alkanes) is 2. The van der Waals surface area contributed by atoms with Gasteiger partial charge in [-0.1, -0.05) is 62.6 Å². The monoisotopic (exact) mass is 449 g/mol. The molecule has 3 rings (SSSR count). The van der Waals surface area contributed by atoms with E-state index in [-0.39, 0.29) is 18.4 Å². The molecule has 0 aliphatic carbocycles. The van der Waals surface area contributed by atoms with Crippen molar-refractivity contribution in [2.45, 2.75) is 52.0 Å². The zero-order chi connectivity index (χ0) is 20.5. The Labute approximate surface area is 192 Å². The predicted molar refractivity (Wildman–Crippen MR) is 129 cm³/mol. The summed E-state index contributed by atoms with van der Waals surface area (Å²) in [6, 6.07) is 12.4. The van der Waals surface area contributed by atoms with Gasteiger partial charge in [-0.05, 0) is 60.2 Å². The fourth-order valence-corrected chi connectivity index (χ4v) is 3.55. The van der Waals surface area contributed by atoms with Crippen molar-refractivity contribution in [3.8, 4) is 11.5 Å². The lowest BCUT2D eigenvalue weighted by Crippen LogP contribution is -2.28. The third-order valence-electron chi connectivity index (χ3n) is 5.16. The van der Waals surface area contributed by atoms with Gasteiger partial charge in [-0.15, -0.1) is 12.4 Å². The molecular formula is C25H33Cl2NO2. The molecule has 2 aromatic carbocycles. The van der Waals surface area contributed by atoms with Gasteiger partial charge < -0.3 is 14.8 Å². The number of halogens is 2. The van der Waals surface area contributed by atoms with Crippen molar-refractivity contribution < 1.29 is 9.47 Å². The van der Waals surface area contributed by atoms with Crippen LogP contribution in [-0.4, -0.2) is 19.8 Å². The Morgan fingerprint density at radius 1 is 1.00 bits per heavy atom. The minimum Gasteiger partial charge on any atom is -0.490 e. The zero-order valence-corrected chi connectivity index (χ0v) is 19.5. The molecule has 0 fully saturated rings. The lowest BCUT2D eigenvalue weighted by molar-refractivity contribution is 0.261. The molecule has 0 amide bonds. The first-order chi connectivity index (χ1) is 14.2. The Balaban J connectivity index is 0.00000320. The van der Waals surface area contributed by atoms with Gasteiger partial charge in [0.1, 0.15) is 0 Å². The number of ether oxygens (including phenoxy) is 2. The van der Waals surface area contributed by atoms with Crippen LogP contribution < -0.4 is 14.8 Å². The van der Waals surface area contributed by atoms with Gasteiger partial charge in [0.15, 0.2) is 11.5 Å². The summed E-state index contributed by atoms with van der Waals surface area (Å²) in [5, 5.41) is 4.37. The summed E-state index contributed by atoms with van der Waals surface area (Å²) in [5.74, 6) is 1.75. The van der Waals surface area contributed by atoms with Gasteiger partial charge in [0.2, 0.25) is 0 Å². The standard InChI is InChI=1S/C25H32ClNO2.ClH/c1-3-5-15-28-24-17-20-13-14-27-23(12-9-19-7-10-21(26)11-8-19)22(20)18-25(24)29-16-6-4-2;/h7-12,17-18,23,27H,3-6,13-16H2,1-2H3;1H/b12-9+;. The summed E-state index contributed by atoms with van der Waals surface area (Å²) in [7, 11) is 0. The average Bonchev–Trinajstić information content (AvgIpc) is 2.74. The van der Waals surface area contributed by atoms with Crippen LogP contribution in [0.5, 0.6) is 11.5 Å². The average molecular weight is 450 g/mol. The second-order valence-corrected chi connectivity index (χ2v) is 7.93. The highest BCUT2D eigenvalue weighted by atomic mass is 35.5. The van der Waals surface area contributed by atoms with Crippen LogP contribution in [0.4, 0.5) is 0 Å². The van der Waals surface area contributed by atoms with Crippen molar-refractivity contribution in [3.63, 3.8) is 0 Å². The van der Waals surface area contributed by atoms with E-state index in [1.54, 1.807) is 0 Å². The van der Waals surface area contributed by atoms with E-state index in [2.05, 4.69) is 43.4 Å². The summed E-state index contributed by atoms with van der Waals surface area (Å²) in [4.78, 5) is 0. The maximum atomic E-state index is 6.11. The number of fused-ring (bicyclic) bond motifs is 1. The van der Waals surface area contributed by atoms with Crippen molar-refractivity contribution in [2.75, 3.05) is 19.8 Å². The van der Waals surface area contributed by atoms with Crippen LogP contribution in [0.2, 0.25) is 5.02 Å². The van der Waals surface area contributed by atoms with Crippen LogP contribution in [0.3, 0.4) is 0 Å². The fourth-order valence-electron chi connectivity index (χ4n) is 3.43. The maximum Gasteiger partial charge on any atom is 0.161 e. The number of nitrogens with one attached hydrogen (secondary N) is 1. The molecule has 3 nitrogen and oxygen atoms in total. The van der Waals surface area contributed by atoms with Gasteiger partial charge in [0.25, 0.3) is 0 Å². The Morgan fingerprint density at radius 2 is 1.63 bits per heavy atom.